The minimum Gasteiger partial charge on any atom is -0.334 e. The van der Waals surface area contributed by atoms with Gasteiger partial charge in [0.2, 0.25) is 0 Å². The third-order valence-electron chi connectivity index (χ3n) is 3.31. The summed E-state index contributed by atoms with van der Waals surface area (Å²) in [5.41, 5.74) is 1.33. The monoisotopic (exact) mass is 338 g/mol. The van der Waals surface area contributed by atoms with Crippen LogP contribution in [0, 0.1) is 6.92 Å². The number of H-pyrrole nitrogens is 1. The first-order chi connectivity index (χ1) is 10.4. The zero-order valence-corrected chi connectivity index (χ0v) is 13.8. The number of halogens is 2. The molecule has 0 aliphatic rings. The molecule has 2 rings (SSSR count). The number of nitrogens with one attached hydrogen (secondary N) is 1. The summed E-state index contributed by atoms with van der Waals surface area (Å²) < 4.78 is 0. The lowest BCUT2D eigenvalue weighted by Gasteiger charge is -2.21. The number of amides is 1. The number of hydrogen-bond acceptors (Lipinski definition) is 2. The van der Waals surface area contributed by atoms with Crippen molar-refractivity contribution < 1.29 is 4.79 Å². The second-order valence-electron chi connectivity index (χ2n) is 4.95. The molecule has 0 unspecified atom stereocenters. The molecule has 0 spiro atoms. The van der Waals surface area contributed by atoms with Gasteiger partial charge < -0.3 is 9.88 Å². The van der Waals surface area contributed by atoms with E-state index in [2.05, 4.69) is 4.98 Å². The molecule has 116 valence electrons. The summed E-state index contributed by atoms with van der Waals surface area (Å²) in [4.78, 5) is 28.6. The molecule has 1 amide bonds. The molecular weight excluding hydrogens is 323 g/mol. The lowest BCUT2D eigenvalue weighted by molar-refractivity contribution is 0.0751. The molecule has 0 saturated heterocycles. The number of aryl methyl sites for hydroxylation is 1. The molecule has 6 heteroatoms. The Hall–Kier alpha value is -1.78. The quantitative estimate of drug-likeness (QED) is 0.924. The van der Waals surface area contributed by atoms with Crippen LogP contribution in [-0.2, 0) is 6.54 Å². The van der Waals surface area contributed by atoms with Gasteiger partial charge in [0, 0.05) is 18.8 Å². The Morgan fingerprint density at radius 3 is 2.50 bits per heavy atom. The fourth-order valence-corrected chi connectivity index (χ4v) is 2.42. The van der Waals surface area contributed by atoms with Crippen molar-refractivity contribution in [3.63, 3.8) is 0 Å². The van der Waals surface area contributed by atoms with E-state index in [0.29, 0.717) is 28.8 Å². The van der Waals surface area contributed by atoms with Crippen molar-refractivity contribution in [1.29, 1.82) is 0 Å². The van der Waals surface area contributed by atoms with Crippen LogP contribution in [0.3, 0.4) is 0 Å². The number of carbonyl (C=O) groups excluding carboxylic acids is 1. The number of aromatic amines is 1. The maximum Gasteiger partial charge on any atom is 0.260 e. The Balaban J connectivity index is 2.25. The molecule has 2 aromatic rings. The number of carbonyl (C=O) groups is 1. The summed E-state index contributed by atoms with van der Waals surface area (Å²) in [5, 5.41) is 0.908. The van der Waals surface area contributed by atoms with E-state index in [0.717, 1.165) is 5.56 Å². The van der Waals surface area contributed by atoms with E-state index in [1.165, 1.54) is 0 Å². The Morgan fingerprint density at radius 2 is 1.91 bits per heavy atom. The highest BCUT2D eigenvalue weighted by Crippen LogP contribution is 2.23. The average Bonchev–Trinajstić information content (AvgIpc) is 2.47. The van der Waals surface area contributed by atoms with E-state index >= 15 is 0 Å². The van der Waals surface area contributed by atoms with Crippen LogP contribution >= 0.6 is 23.2 Å². The third kappa shape index (κ3) is 3.70. The minimum atomic E-state index is -0.377. The first-order valence-electron chi connectivity index (χ1n) is 6.85. The lowest BCUT2D eigenvalue weighted by atomic mass is 10.1. The van der Waals surface area contributed by atoms with Gasteiger partial charge in [0.05, 0.1) is 10.0 Å². The van der Waals surface area contributed by atoms with Crippen molar-refractivity contribution in [3.05, 3.63) is 67.6 Å². The molecule has 1 aromatic heterocycles. The third-order valence-corrected chi connectivity index (χ3v) is 4.05. The highest BCUT2D eigenvalue weighted by molar-refractivity contribution is 6.42. The smallest absolute Gasteiger partial charge is 0.260 e. The number of hydrogen-bond donors (Lipinski definition) is 1. The van der Waals surface area contributed by atoms with Gasteiger partial charge in [-0.05, 0) is 43.7 Å². The zero-order valence-electron chi connectivity index (χ0n) is 12.3. The van der Waals surface area contributed by atoms with Crippen LogP contribution in [0.15, 0.2) is 35.1 Å². The van der Waals surface area contributed by atoms with Crippen molar-refractivity contribution in [2.45, 2.75) is 20.4 Å². The topological polar surface area (TPSA) is 53.2 Å². The molecule has 22 heavy (non-hydrogen) atoms. The van der Waals surface area contributed by atoms with Crippen LogP contribution in [0.2, 0.25) is 10.0 Å². The predicted octanol–water partition coefficient (Wildman–Crippen LogP) is 3.65. The van der Waals surface area contributed by atoms with Crippen LogP contribution in [0.5, 0.6) is 0 Å². The van der Waals surface area contributed by atoms with Crippen molar-refractivity contribution in [1.82, 2.24) is 9.88 Å². The fraction of sp³-hybridized carbons (Fsp3) is 0.250. The van der Waals surface area contributed by atoms with Crippen LogP contribution in [0.1, 0.15) is 28.5 Å². The van der Waals surface area contributed by atoms with Crippen LogP contribution in [-0.4, -0.2) is 22.3 Å². The summed E-state index contributed by atoms with van der Waals surface area (Å²) in [6.07, 6.45) is 0. The lowest BCUT2D eigenvalue weighted by Crippen LogP contribution is -2.34. The summed E-state index contributed by atoms with van der Waals surface area (Å²) in [5.74, 6) is -0.310. The maximum absolute atomic E-state index is 12.5. The van der Waals surface area contributed by atoms with Crippen molar-refractivity contribution in [3.8, 4) is 0 Å². The number of pyridine rings is 1. The van der Waals surface area contributed by atoms with E-state index in [4.69, 9.17) is 23.2 Å². The van der Waals surface area contributed by atoms with Crippen molar-refractivity contribution in [2.75, 3.05) is 6.54 Å². The van der Waals surface area contributed by atoms with Crippen LogP contribution in [0.4, 0.5) is 0 Å². The van der Waals surface area contributed by atoms with E-state index in [9.17, 15) is 9.59 Å². The molecule has 4 nitrogen and oxygen atoms in total. The first kappa shape index (κ1) is 16.6. The Bertz CT molecular complexity index is 756. The second-order valence-corrected chi connectivity index (χ2v) is 5.77. The molecule has 0 atom stereocenters. The van der Waals surface area contributed by atoms with Gasteiger partial charge in [-0.25, -0.2) is 0 Å². The number of rotatable bonds is 4. The molecule has 0 aliphatic heterocycles. The molecule has 0 aliphatic carbocycles. The Kier molecular flexibility index (Phi) is 5.27. The zero-order chi connectivity index (χ0) is 16.3. The van der Waals surface area contributed by atoms with Crippen molar-refractivity contribution in [2.24, 2.45) is 0 Å². The molecule has 0 saturated carbocycles. The normalized spacial score (nSPS) is 10.5. The van der Waals surface area contributed by atoms with E-state index < -0.39 is 0 Å². The molecular formula is C16H16Cl2N2O2. The van der Waals surface area contributed by atoms with Gasteiger partial charge in [0.15, 0.2) is 0 Å². The molecule has 1 N–H and O–H groups in total. The molecule has 1 aromatic carbocycles. The number of benzene rings is 1. The van der Waals surface area contributed by atoms with Gasteiger partial charge in [-0.3, -0.25) is 9.59 Å². The first-order valence-corrected chi connectivity index (χ1v) is 7.61. The predicted molar refractivity (Wildman–Crippen MR) is 88.7 cm³/mol. The largest absolute Gasteiger partial charge is 0.334 e. The number of nitrogens with zero attached hydrogens (tertiary/aromatic N) is 1. The van der Waals surface area contributed by atoms with Gasteiger partial charge in [0.25, 0.3) is 11.5 Å². The molecule has 1 heterocycles. The van der Waals surface area contributed by atoms with Gasteiger partial charge in [0.1, 0.15) is 5.56 Å². The highest BCUT2D eigenvalue weighted by atomic mass is 35.5. The van der Waals surface area contributed by atoms with Crippen LogP contribution < -0.4 is 5.56 Å². The van der Waals surface area contributed by atoms with Gasteiger partial charge in [-0.1, -0.05) is 29.3 Å². The maximum atomic E-state index is 12.5. The van der Waals surface area contributed by atoms with E-state index in [1.54, 1.807) is 36.1 Å². The molecule has 0 bridgehead atoms. The van der Waals surface area contributed by atoms with Gasteiger partial charge >= 0.3 is 0 Å². The summed E-state index contributed by atoms with van der Waals surface area (Å²) >= 11 is 11.9. The van der Waals surface area contributed by atoms with E-state index in [1.807, 2.05) is 13.0 Å². The minimum absolute atomic E-state index is 0.132. The summed E-state index contributed by atoms with van der Waals surface area (Å²) in [6, 6.07) is 8.48. The Labute approximate surface area is 138 Å². The molecule has 0 radical (unpaired) electrons. The number of aromatic nitrogens is 1. The summed E-state index contributed by atoms with van der Waals surface area (Å²) in [6.45, 7) is 4.46. The van der Waals surface area contributed by atoms with E-state index in [-0.39, 0.29) is 17.0 Å². The SMILES string of the molecule is CCN(Cc1ccc(Cl)c(Cl)c1)C(=O)c1ccc(C)[nH]c1=O. The summed E-state index contributed by atoms with van der Waals surface area (Å²) in [7, 11) is 0. The van der Waals surface area contributed by atoms with Gasteiger partial charge in [-0.15, -0.1) is 0 Å². The highest BCUT2D eigenvalue weighted by Gasteiger charge is 2.18. The van der Waals surface area contributed by atoms with Crippen LogP contribution in [0.25, 0.3) is 0 Å². The second kappa shape index (κ2) is 6.99. The Morgan fingerprint density at radius 1 is 1.18 bits per heavy atom. The molecule has 0 fully saturated rings. The average molecular weight is 339 g/mol. The standard InChI is InChI=1S/C16H16Cl2N2O2/c1-3-20(9-11-5-7-13(17)14(18)8-11)16(22)12-6-4-10(2)19-15(12)21/h4-8H,3,9H2,1-2H3,(H,19,21). The fourth-order valence-electron chi connectivity index (χ4n) is 2.10. The van der Waals surface area contributed by atoms with Crippen molar-refractivity contribution >= 4 is 29.1 Å². The van der Waals surface area contributed by atoms with Gasteiger partial charge in [-0.2, -0.15) is 0 Å².